The molecule has 0 bridgehead atoms. The SMILES string of the molecule is CC(C)N1CCCC(N2C(=O)OCC2C(=O)O)C1. The van der Waals surface area contributed by atoms with Crippen LogP contribution in [0.3, 0.4) is 0 Å². The zero-order chi connectivity index (χ0) is 13.3. The lowest BCUT2D eigenvalue weighted by molar-refractivity contribution is -0.142. The van der Waals surface area contributed by atoms with Crippen LogP contribution in [0.4, 0.5) is 4.79 Å². The minimum Gasteiger partial charge on any atom is -0.480 e. The first-order valence-corrected chi connectivity index (χ1v) is 6.42. The number of amides is 1. The highest BCUT2D eigenvalue weighted by atomic mass is 16.6. The first-order chi connectivity index (χ1) is 8.50. The molecule has 1 N–H and O–H groups in total. The molecule has 0 aromatic heterocycles. The van der Waals surface area contributed by atoms with E-state index in [0.29, 0.717) is 6.04 Å². The van der Waals surface area contributed by atoms with Crippen LogP contribution in [0, 0.1) is 0 Å². The zero-order valence-corrected chi connectivity index (χ0v) is 10.8. The van der Waals surface area contributed by atoms with Gasteiger partial charge in [-0.2, -0.15) is 0 Å². The van der Waals surface area contributed by atoms with Crippen LogP contribution >= 0.6 is 0 Å². The monoisotopic (exact) mass is 256 g/mol. The number of cyclic esters (lactones) is 1. The van der Waals surface area contributed by atoms with E-state index in [1.54, 1.807) is 0 Å². The van der Waals surface area contributed by atoms with Crippen molar-refractivity contribution >= 4 is 12.1 Å². The topological polar surface area (TPSA) is 70.1 Å². The summed E-state index contributed by atoms with van der Waals surface area (Å²) < 4.78 is 4.88. The smallest absolute Gasteiger partial charge is 0.411 e. The Balaban J connectivity index is 2.09. The van der Waals surface area contributed by atoms with E-state index in [-0.39, 0.29) is 12.6 Å². The molecule has 2 heterocycles. The number of rotatable bonds is 3. The number of nitrogens with zero attached hydrogens (tertiary/aromatic N) is 2. The molecule has 0 aromatic rings. The molecule has 6 nitrogen and oxygen atoms in total. The van der Waals surface area contributed by atoms with Crippen molar-refractivity contribution in [2.75, 3.05) is 19.7 Å². The molecule has 0 aromatic carbocycles. The average molecular weight is 256 g/mol. The molecule has 2 saturated heterocycles. The molecule has 6 heteroatoms. The van der Waals surface area contributed by atoms with Crippen LogP contribution in [0.1, 0.15) is 26.7 Å². The van der Waals surface area contributed by atoms with Gasteiger partial charge < -0.3 is 9.84 Å². The Morgan fingerprint density at radius 2 is 2.22 bits per heavy atom. The first-order valence-electron chi connectivity index (χ1n) is 6.42. The number of carbonyl (C=O) groups excluding carboxylic acids is 1. The van der Waals surface area contributed by atoms with Crippen LogP contribution in [0.5, 0.6) is 0 Å². The maximum Gasteiger partial charge on any atom is 0.411 e. The molecular formula is C12H20N2O4. The highest BCUT2D eigenvalue weighted by Gasteiger charge is 2.43. The van der Waals surface area contributed by atoms with Crippen LogP contribution in [-0.2, 0) is 9.53 Å². The molecule has 0 spiro atoms. The van der Waals surface area contributed by atoms with Gasteiger partial charge in [0.15, 0.2) is 6.04 Å². The Kier molecular flexibility index (Phi) is 3.75. The summed E-state index contributed by atoms with van der Waals surface area (Å²) in [7, 11) is 0. The Morgan fingerprint density at radius 1 is 1.50 bits per heavy atom. The minimum atomic E-state index is -0.984. The summed E-state index contributed by atoms with van der Waals surface area (Å²) in [5.41, 5.74) is 0. The zero-order valence-electron chi connectivity index (χ0n) is 10.8. The normalized spacial score (nSPS) is 29.7. The van der Waals surface area contributed by atoms with E-state index in [9.17, 15) is 9.59 Å². The summed E-state index contributed by atoms with van der Waals surface area (Å²) in [4.78, 5) is 26.5. The lowest BCUT2D eigenvalue weighted by Gasteiger charge is -2.39. The molecule has 2 aliphatic rings. The van der Waals surface area contributed by atoms with Gasteiger partial charge in [-0.3, -0.25) is 9.80 Å². The molecule has 2 atom stereocenters. The van der Waals surface area contributed by atoms with E-state index in [1.165, 1.54) is 4.90 Å². The lowest BCUT2D eigenvalue weighted by atomic mass is 10.0. The van der Waals surface area contributed by atoms with Crippen molar-refractivity contribution in [3.63, 3.8) is 0 Å². The molecule has 2 aliphatic heterocycles. The average Bonchev–Trinajstić information content (AvgIpc) is 2.71. The molecule has 1 amide bonds. The minimum absolute atomic E-state index is 0.0354. The summed E-state index contributed by atoms with van der Waals surface area (Å²) in [6.07, 6.45) is 1.35. The number of carboxylic acid groups (broad SMARTS) is 1. The number of likely N-dealkylation sites (tertiary alicyclic amines) is 1. The number of carboxylic acids is 1. The summed E-state index contributed by atoms with van der Waals surface area (Å²) >= 11 is 0. The van der Waals surface area contributed by atoms with Gasteiger partial charge in [0.25, 0.3) is 0 Å². The molecule has 2 fully saturated rings. The van der Waals surface area contributed by atoms with Gasteiger partial charge in [-0.25, -0.2) is 9.59 Å². The third-order valence-corrected chi connectivity index (χ3v) is 3.75. The largest absolute Gasteiger partial charge is 0.480 e. The first kappa shape index (κ1) is 13.1. The van der Waals surface area contributed by atoms with E-state index in [4.69, 9.17) is 9.84 Å². The quantitative estimate of drug-likeness (QED) is 0.807. The van der Waals surface area contributed by atoms with Gasteiger partial charge >= 0.3 is 12.1 Å². The Morgan fingerprint density at radius 3 is 2.83 bits per heavy atom. The van der Waals surface area contributed by atoms with Crippen LogP contribution < -0.4 is 0 Å². The van der Waals surface area contributed by atoms with Gasteiger partial charge in [0, 0.05) is 18.6 Å². The Labute approximate surface area is 106 Å². The number of hydrogen-bond acceptors (Lipinski definition) is 4. The standard InChI is InChI=1S/C12H20N2O4/c1-8(2)13-5-3-4-9(6-13)14-10(11(15)16)7-18-12(14)17/h8-10H,3-7H2,1-2H3,(H,15,16). The van der Waals surface area contributed by atoms with Crippen molar-refractivity contribution in [3.8, 4) is 0 Å². The predicted molar refractivity (Wildman–Crippen MR) is 64.3 cm³/mol. The molecule has 18 heavy (non-hydrogen) atoms. The van der Waals surface area contributed by atoms with Gasteiger partial charge in [-0.1, -0.05) is 0 Å². The van der Waals surface area contributed by atoms with E-state index in [0.717, 1.165) is 25.9 Å². The second kappa shape index (κ2) is 5.14. The van der Waals surface area contributed by atoms with E-state index in [1.807, 2.05) is 0 Å². The van der Waals surface area contributed by atoms with Gasteiger partial charge in [0.1, 0.15) is 6.61 Å². The third-order valence-electron chi connectivity index (χ3n) is 3.75. The molecule has 0 aliphatic carbocycles. The number of carbonyl (C=O) groups is 2. The van der Waals surface area contributed by atoms with Crippen molar-refractivity contribution in [1.82, 2.24) is 9.80 Å². The maximum absolute atomic E-state index is 11.7. The van der Waals surface area contributed by atoms with Crippen LogP contribution in [0.25, 0.3) is 0 Å². The molecule has 0 saturated carbocycles. The molecule has 0 radical (unpaired) electrons. The van der Waals surface area contributed by atoms with Crippen LogP contribution in [0.15, 0.2) is 0 Å². The lowest BCUT2D eigenvalue weighted by Crippen LogP contribution is -2.54. The van der Waals surface area contributed by atoms with Gasteiger partial charge in [0.05, 0.1) is 0 Å². The van der Waals surface area contributed by atoms with Gasteiger partial charge in [-0.15, -0.1) is 0 Å². The summed E-state index contributed by atoms with van der Waals surface area (Å²) in [6, 6.07) is -0.457. The molecule has 2 unspecified atom stereocenters. The number of aliphatic carboxylic acids is 1. The van der Waals surface area contributed by atoms with Gasteiger partial charge in [0.2, 0.25) is 0 Å². The number of piperidine rings is 1. The predicted octanol–water partition coefficient (Wildman–Crippen LogP) is 0.765. The molecular weight excluding hydrogens is 236 g/mol. The molecule has 102 valence electrons. The van der Waals surface area contributed by atoms with Crippen molar-refractivity contribution in [2.24, 2.45) is 0 Å². The summed E-state index contributed by atoms with van der Waals surface area (Å²) in [6.45, 7) is 5.93. The van der Waals surface area contributed by atoms with Crippen molar-refractivity contribution in [2.45, 2.75) is 44.8 Å². The van der Waals surface area contributed by atoms with Crippen LogP contribution in [0.2, 0.25) is 0 Å². The number of ether oxygens (including phenoxy) is 1. The second-order valence-corrected chi connectivity index (χ2v) is 5.22. The Bertz CT molecular complexity index is 345. The fraction of sp³-hybridized carbons (Fsp3) is 0.833. The summed E-state index contributed by atoms with van der Waals surface area (Å²) in [5, 5.41) is 9.12. The van der Waals surface area contributed by atoms with E-state index >= 15 is 0 Å². The fourth-order valence-electron chi connectivity index (χ4n) is 2.71. The second-order valence-electron chi connectivity index (χ2n) is 5.22. The fourth-order valence-corrected chi connectivity index (χ4v) is 2.71. The van der Waals surface area contributed by atoms with E-state index in [2.05, 4.69) is 18.7 Å². The highest BCUT2D eigenvalue weighted by Crippen LogP contribution is 2.24. The number of hydrogen-bond donors (Lipinski definition) is 1. The van der Waals surface area contributed by atoms with Crippen LogP contribution in [-0.4, -0.2) is 64.8 Å². The van der Waals surface area contributed by atoms with Gasteiger partial charge in [-0.05, 0) is 33.2 Å². The van der Waals surface area contributed by atoms with Crippen molar-refractivity contribution < 1.29 is 19.4 Å². The Hall–Kier alpha value is -1.30. The highest BCUT2D eigenvalue weighted by molar-refractivity contribution is 5.83. The maximum atomic E-state index is 11.7. The van der Waals surface area contributed by atoms with Crippen molar-refractivity contribution in [3.05, 3.63) is 0 Å². The van der Waals surface area contributed by atoms with Crippen molar-refractivity contribution in [1.29, 1.82) is 0 Å². The summed E-state index contributed by atoms with van der Waals surface area (Å²) in [5.74, 6) is -0.984. The molecule has 2 rings (SSSR count). The third kappa shape index (κ3) is 2.43. The van der Waals surface area contributed by atoms with E-state index < -0.39 is 18.1 Å².